The normalized spacial score (nSPS) is 14.0. The Kier molecular flexibility index (Phi) is 5.14. The highest BCUT2D eigenvalue weighted by molar-refractivity contribution is 6.46. The first-order valence-corrected chi connectivity index (χ1v) is 9.68. The second-order valence-corrected chi connectivity index (χ2v) is 7.50. The molecule has 0 aliphatic carbocycles. The van der Waals surface area contributed by atoms with Gasteiger partial charge in [0.15, 0.2) is 0 Å². The van der Waals surface area contributed by atoms with E-state index in [1.807, 2.05) is 31.2 Å². The molecule has 0 saturated carbocycles. The van der Waals surface area contributed by atoms with Crippen molar-refractivity contribution >= 4 is 52.0 Å². The molecule has 144 valence electrons. The largest absolute Gasteiger partial charge is 0.350 e. The standard InChI is InChI=1S/C23H16Cl2N2O2/c1-14-5-2-3-8-19(14)26-21-20(15-9-11-16(24)12-10-15)22(28)27(23(21)29)18-7-4-6-17(25)13-18/h2-13,26H,1H3. The van der Waals surface area contributed by atoms with Crippen LogP contribution in [0.4, 0.5) is 11.4 Å². The van der Waals surface area contributed by atoms with Gasteiger partial charge in [0.2, 0.25) is 0 Å². The Hall–Kier alpha value is -3.08. The predicted molar refractivity (Wildman–Crippen MR) is 117 cm³/mol. The molecule has 1 N–H and O–H groups in total. The number of imide groups is 1. The van der Waals surface area contributed by atoms with Crippen LogP contribution in [0.3, 0.4) is 0 Å². The maximum Gasteiger partial charge on any atom is 0.282 e. The lowest BCUT2D eigenvalue weighted by atomic mass is 10.0. The smallest absolute Gasteiger partial charge is 0.282 e. The first kappa shape index (κ1) is 19.2. The summed E-state index contributed by atoms with van der Waals surface area (Å²) in [5.41, 5.74) is 3.23. The van der Waals surface area contributed by atoms with Crippen molar-refractivity contribution in [2.75, 3.05) is 10.2 Å². The van der Waals surface area contributed by atoms with Crippen molar-refractivity contribution in [2.45, 2.75) is 6.92 Å². The third-order valence-electron chi connectivity index (χ3n) is 4.69. The summed E-state index contributed by atoms with van der Waals surface area (Å²) in [4.78, 5) is 27.8. The zero-order valence-corrected chi connectivity index (χ0v) is 17.0. The van der Waals surface area contributed by atoms with Crippen molar-refractivity contribution < 1.29 is 9.59 Å². The molecule has 0 saturated heterocycles. The molecule has 0 unspecified atom stereocenters. The Labute approximate surface area is 178 Å². The molecule has 2 amide bonds. The number of nitrogens with one attached hydrogen (secondary N) is 1. The number of amides is 2. The molecule has 3 aromatic carbocycles. The third kappa shape index (κ3) is 3.65. The average Bonchev–Trinajstić information content (AvgIpc) is 2.94. The first-order chi connectivity index (χ1) is 14.0. The Balaban J connectivity index is 1.85. The lowest BCUT2D eigenvalue weighted by molar-refractivity contribution is -0.120. The van der Waals surface area contributed by atoms with Gasteiger partial charge in [0.25, 0.3) is 11.8 Å². The SMILES string of the molecule is Cc1ccccc1NC1=C(c2ccc(Cl)cc2)C(=O)N(c2cccc(Cl)c2)C1=O. The monoisotopic (exact) mass is 422 g/mol. The summed E-state index contributed by atoms with van der Waals surface area (Å²) in [6.45, 7) is 1.93. The number of aryl methyl sites for hydroxylation is 1. The van der Waals surface area contributed by atoms with E-state index in [1.165, 1.54) is 0 Å². The van der Waals surface area contributed by atoms with Gasteiger partial charge in [-0.1, -0.05) is 59.6 Å². The van der Waals surface area contributed by atoms with Gasteiger partial charge in [-0.2, -0.15) is 0 Å². The van der Waals surface area contributed by atoms with E-state index in [1.54, 1.807) is 48.5 Å². The highest BCUT2D eigenvalue weighted by Gasteiger charge is 2.40. The molecule has 4 rings (SSSR count). The van der Waals surface area contributed by atoms with Gasteiger partial charge < -0.3 is 5.32 Å². The minimum absolute atomic E-state index is 0.214. The number of hydrogen-bond acceptors (Lipinski definition) is 3. The van der Waals surface area contributed by atoms with Gasteiger partial charge in [-0.15, -0.1) is 0 Å². The van der Waals surface area contributed by atoms with Crippen molar-refractivity contribution in [1.29, 1.82) is 0 Å². The van der Waals surface area contributed by atoms with E-state index in [0.717, 1.165) is 16.2 Å². The second-order valence-electron chi connectivity index (χ2n) is 6.62. The molecule has 0 spiro atoms. The Bertz CT molecular complexity index is 1150. The van der Waals surface area contributed by atoms with Gasteiger partial charge in [0.05, 0.1) is 11.3 Å². The maximum atomic E-state index is 13.3. The number of hydrogen-bond donors (Lipinski definition) is 1. The summed E-state index contributed by atoms with van der Waals surface area (Å²) in [6, 6.07) is 21.1. The Morgan fingerprint density at radius 3 is 2.21 bits per heavy atom. The minimum Gasteiger partial charge on any atom is -0.350 e. The van der Waals surface area contributed by atoms with E-state index in [-0.39, 0.29) is 11.3 Å². The molecule has 0 fully saturated rings. The summed E-state index contributed by atoms with van der Waals surface area (Å²) in [6.07, 6.45) is 0. The molecule has 0 bridgehead atoms. The number of carbonyl (C=O) groups excluding carboxylic acids is 2. The summed E-state index contributed by atoms with van der Waals surface area (Å²) in [5.74, 6) is -0.860. The van der Waals surface area contributed by atoms with Crippen LogP contribution in [-0.4, -0.2) is 11.8 Å². The highest BCUT2D eigenvalue weighted by atomic mass is 35.5. The topological polar surface area (TPSA) is 49.4 Å². The zero-order valence-electron chi connectivity index (χ0n) is 15.4. The van der Waals surface area contributed by atoms with Crippen molar-refractivity contribution in [3.63, 3.8) is 0 Å². The van der Waals surface area contributed by atoms with Gasteiger partial charge >= 0.3 is 0 Å². The molecular weight excluding hydrogens is 407 g/mol. The second kappa shape index (κ2) is 7.74. The fourth-order valence-electron chi connectivity index (χ4n) is 3.23. The number of benzene rings is 3. The van der Waals surface area contributed by atoms with Crippen molar-refractivity contribution in [2.24, 2.45) is 0 Å². The quantitative estimate of drug-likeness (QED) is 0.548. The molecule has 1 heterocycles. The van der Waals surface area contributed by atoms with E-state index >= 15 is 0 Å². The molecule has 29 heavy (non-hydrogen) atoms. The summed E-state index contributed by atoms with van der Waals surface area (Å²) >= 11 is 12.1. The molecular formula is C23H16Cl2N2O2. The van der Waals surface area contributed by atoms with Crippen LogP contribution < -0.4 is 10.2 Å². The number of halogens is 2. The summed E-state index contributed by atoms with van der Waals surface area (Å²) < 4.78 is 0. The van der Waals surface area contributed by atoms with Gasteiger partial charge in [-0.3, -0.25) is 9.59 Å². The van der Waals surface area contributed by atoms with Crippen molar-refractivity contribution in [1.82, 2.24) is 0 Å². The molecule has 3 aromatic rings. The Morgan fingerprint density at radius 1 is 0.793 bits per heavy atom. The van der Waals surface area contributed by atoms with Gasteiger partial charge in [-0.25, -0.2) is 4.90 Å². The molecule has 1 aliphatic heterocycles. The molecule has 0 atom stereocenters. The summed E-state index contributed by atoms with van der Waals surface area (Å²) in [5, 5.41) is 4.16. The van der Waals surface area contributed by atoms with Crippen molar-refractivity contribution in [3.05, 3.63) is 99.7 Å². The van der Waals surface area contributed by atoms with Crippen LogP contribution in [0, 0.1) is 6.92 Å². The number of rotatable bonds is 4. The Morgan fingerprint density at radius 2 is 1.52 bits per heavy atom. The molecule has 0 radical (unpaired) electrons. The van der Waals surface area contributed by atoms with Gasteiger partial charge in [-0.05, 0) is 54.4 Å². The first-order valence-electron chi connectivity index (χ1n) is 8.93. The lowest BCUT2D eigenvalue weighted by Crippen LogP contribution is -2.32. The fraction of sp³-hybridized carbons (Fsp3) is 0.0435. The van der Waals surface area contributed by atoms with E-state index in [9.17, 15) is 9.59 Å². The zero-order chi connectivity index (χ0) is 20.5. The van der Waals surface area contributed by atoms with Crippen LogP contribution in [-0.2, 0) is 9.59 Å². The van der Waals surface area contributed by atoms with Crippen LogP contribution in [0.25, 0.3) is 5.57 Å². The third-order valence-corrected chi connectivity index (χ3v) is 5.18. The lowest BCUT2D eigenvalue weighted by Gasteiger charge is -2.16. The summed E-state index contributed by atoms with van der Waals surface area (Å²) in [7, 11) is 0. The van der Waals surface area contributed by atoms with Gasteiger partial charge in [0, 0.05) is 15.7 Å². The van der Waals surface area contributed by atoms with E-state index in [0.29, 0.717) is 21.3 Å². The van der Waals surface area contributed by atoms with Crippen LogP contribution in [0.5, 0.6) is 0 Å². The molecule has 0 aromatic heterocycles. The van der Waals surface area contributed by atoms with Crippen LogP contribution >= 0.6 is 23.2 Å². The molecule has 6 heteroatoms. The van der Waals surface area contributed by atoms with Gasteiger partial charge in [0.1, 0.15) is 5.70 Å². The van der Waals surface area contributed by atoms with Crippen molar-refractivity contribution in [3.8, 4) is 0 Å². The number of carbonyl (C=O) groups is 2. The fourth-order valence-corrected chi connectivity index (χ4v) is 3.54. The molecule has 4 nitrogen and oxygen atoms in total. The predicted octanol–water partition coefficient (Wildman–Crippen LogP) is 5.70. The minimum atomic E-state index is -0.439. The van der Waals surface area contributed by atoms with Crippen LogP contribution in [0.1, 0.15) is 11.1 Å². The van der Waals surface area contributed by atoms with E-state index < -0.39 is 11.8 Å². The van der Waals surface area contributed by atoms with Crippen LogP contribution in [0.2, 0.25) is 10.0 Å². The number of anilines is 2. The van der Waals surface area contributed by atoms with E-state index in [4.69, 9.17) is 23.2 Å². The number of para-hydroxylation sites is 1. The number of nitrogens with zero attached hydrogens (tertiary/aromatic N) is 1. The maximum absolute atomic E-state index is 13.3. The van der Waals surface area contributed by atoms with E-state index in [2.05, 4.69) is 5.32 Å². The molecule has 1 aliphatic rings. The highest BCUT2D eigenvalue weighted by Crippen LogP contribution is 2.35. The van der Waals surface area contributed by atoms with Crippen LogP contribution in [0.15, 0.2) is 78.5 Å². The average molecular weight is 423 g/mol.